The Morgan fingerprint density at radius 1 is 1.16 bits per heavy atom. The molecule has 2 heterocycles. The van der Waals surface area contributed by atoms with Gasteiger partial charge >= 0.3 is 23.9 Å². The van der Waals surface area contributed by atoms with E-state index in [0.29, 0.717) is 10.6 Å². The van der Waals surface area contributed by atoms with Crippen LogP contribution in [0.5, 0.6) is 0 Å². The summed E-state index contributed by atoms with van der Waals surface area (Å²) in [5.41, 5.74) is 0.575. The molecule has 3 rings (SSSR count). The van der Waals surface area contributed by atoms with Crippen molar-refractivity contribution in [1.82, 2.24) is 10.6 Å². The maximum atomic E-state index is 12.6. The highest BCUT2D eigenvalue weighted by Crippen LogP contribution is 2.29. The van der Waals surface area contributed by atoms with Gasteiger partial charge in [-0.15, -0.1) is 0 Å². The first-order valence-corrected chi connectivity index (χ1v) is 9.32. The highest BCUT2D eigenvalue weighted by atomic mass is 35.5. The Bertz CT molecular complexity index is 1060. The number of hydrogen-bond acceptors (Lipinski definition) is 8. The highest BCUT2D eigenvalue weighted by Gasteiger charge is 2.34. The second kappa shape index (κ2) is 9.30. The molecule has 1 aliphatic heterocycles. The van der Waals surface area contributed by atoms with E-state index in [1.165, 1.54) is 0 Å². The van der Waals surface area contributed by atoms with Gasteiger partial charge in [0.25, 0.3) is 0 Å². The second-order valence-electron chi connectivity index (χ2n) is 6.17. The van der Waals surface area contributed by atoms with Crippen LogP contribution in [-0.2, 0) is 14.3 Å². The number of carbonyl (C=O) groups is 3. The molecule has 1 aromatic heterocycles. The molecule has 1 unspecified atom stereocenters. The van der Waals surface area contributed by atoms with E-state index < -0.39 is 47.2 Å². The van der Waals surface area contributed by atoms with E-state index in [0.717, 1.165) is 12.1 Å². The largest absolute Gasteiger partial charge is 0.463 e. The van der Waals surface area contributed by atoms with Gasteiger partial charge in [-0.25, -0.2) is 14.4 Å². The summed E-state index contributed by atoms with van der Waals surface area (Å²) in [6.07, 6.45) is 0. The molecular weight excluding hydrogens is 434 g/mol. The molecule has 2 amide bonds. The summed E-state index contributed by atoms with van der Waals surface area (Å²) in [7, 11) is 0. The number of amides is 2. The van der Waals surface area contributed by atoms with Crippen LogP contribution in [0.2, 0.25) is 5.02 Å². The summed E-state index contributed by atoms with van der Waals surface area (Å²) in [5, 5.41) is 16.2. The molecule has 31 heavy (non-hydrogen) atoms. The highest BCUT2D eigenvalue weighted by molar-refractivity contribution is 6.30. The number of nitrogens with zero attached hydrogens (tertiary/aromatic N) is 1. The number of urea groups is 1. The van der Waals surface area contributed by atoms with Crippen LogP contribution in [0.25, 0.3) is 0 Å². The molecule has 1 aromatic carbocycles. The normalized spacial score (nSPS) is 15.7. The second-order valence-corrected chi connectivity index (χ2v) is 6.60. The van der Waals surface area contributed by atoms with Gasteiger partial charge < -0.3 is 24.5 Å². The number of benzene rings is 1. The quantitative estimate of drug-likeness (QED) is 0.372. The lowest BCUT2D eigenvalue weighted by Gasteiger charge is -2.29. The van der Waals surface area contributed by atoms with E-state index in [9.17, 15) is 24.5 Å². The Morgan fingerprint density at radius 2 is 1.87 bits per heavy atom. The molecule has 0 bridgehead atoms. The third-order valence-electron chi connectivity index (χ3n) is 4.17. The van der Waals surface area contributed by atoms with Crippen molar-refractivity contribution >= 4 is 35.5 Å². The SMILES string of the molecule is CCOC(=O)C1=C(COC(=O)c2ccc([N+](=O)[O-])o2)NC(=O)NC1c1ccc(Cl)cc1. The molecule has 0 saturated carbocycles. The van der Waals surface area contributed by atoms with Gasteiger partial charge in [-0.2, -0.15) is 0 Å². The summed E-state index contributed by atoms with van der Waals surface area (Å²) in [4.78, 5) is 46.9. The van der Waals surface area contributed by atoms with Crippen LogP contribution in [-0.4, -0.2) is 36.1 Å². The lowest BCUT2D eigenvalue weighted by molar-refractivity contribution is -0.402. The van der Waals surface area contributed by atoms with Crippen molar-refractivity contribution in [3.05, 3.63) is 74.1 Å². The van der Waals surface area contributed by atoms with Crippen LogP contribution in [0.1, 0.15) is 29.1 Å². The molecule has 0 fully saturated rings. The van der Waals surface area contributed by atoms with Crippen LogP contribution < -0.4 is 10.6 Å². The molecule has 2 N–H and O–H groups in total. The average molecular weight is 450 g/mol. The minimum absolute atomic E-state index is 0.00319. The number of nitrogens with one attached hydrogen (secondary N) is 2. The Hall–Kier alpha value is -3.86. The van der Waals surface area contributed by atoms with Gasteiger partial charge in [0.15, 0.2) is 0 Å². The van der Waals surface area contributed by atoms with Crippen molar-refractivity contribution in [2.75, 3.05) is 13.2 Å². The van der Waals surface area contributed by atoms with E-state index in [1.807, 2.05) is 0 Å². The molecule has 0 aliphatic carbocycles. The zero-order valence-corrected chi connectivity index (χ0v) is 16.8. The van der Waals surface area contributed by atoms with Gasteiger partial charge in [-0.3, -0.25) is 10.1 Å². The summed E-state index contributed by atoms with van der Waals surface area (Å²) < 4.78 is 15.0. The average Bonchev–Trinajstić information content (AvgIpc) is 3.23. The minimum Gasteiger partial charge on any atom is -0.463 e. The zero-order valence-electron chi connectivity index (χ0n) is 16.0. The standard InChI is InChI=1S/C19H16ClN3O8/c1-2-29-18(25)15-12(9-30-17(24)13-7-8-14(31-13)23(27)28)21-19(26)22-16(15)10-3-5-11(20)6-4-10/h3-8,16H,2,9H2,1H3,(H2,21,22,26). The zero-order chi connectivity index (χ0) is 22.5. The number of rotatable bonds is 7. The van der Waals surface area contributed by atoms with Crippen molar-refractivity contribution < 1.29 is 33.2 Å². The number of esters is 2. The monoisotopic (exact) mass is 449 g/mol. The van der Waals surface area contributed by atoms with Crippen LogP contribution in [0.15, 0.2) is 52.1 Å². The van der Waals surface area contributed by atoms with E-state index in [-0.39, 0.29) is 17.9 Å². The first-order chi connectivity index (χ1) is 14.8. The minimum atomic E-state index is -1.01. The molecule has 162 valence electrons. The van der Waals surface area contributed by atoms with Crippen LogP contribution in [0.3, 0.4) is 0 Å². The van der Waals surface area contributed by atoms with E-state index in [1.54, 1.807) is 31.2 Å². The fraction of sp³-hybridized carbons (Fsp3) is 0.211. The van der Waals surface area contributed by atoms with Crippen LogP contribution >= 0.6 is 11.6 Å². The number of ether oxygens (including phenoxy) is 2. The van der Waals surface area contributed by atoms with Crippen molar-refractivity contribution in [3.8, 4) is 0 Å². The summed E-state index contributed by atoms with van der Waals surface area (Å²) in [5.74, 6) is -2.77. The van der Waals surface area contributed by atoms with E-state index in [4.69, 9.17) is 25.5 Å². The predicted molar refractivity (Wildman–Crippen MR) is 105 cm³/mol. The molecule has 11 nitrogen and oxygen atoms in total. The smallest absolute Gasteiger partial charge is 0.433 e. The molecular formula is C19H16ClN3O8. The topological polar surface area (TPSA) is 150 Å². The molecule has 12 heteroatoms. The molecule has 1 aliphatic rings. The molecule has 0 spiro atoms. The number of carbonyl (C=O) groups excluding carboxylic acids is 3. The lowest BCUT2D eigenvalue weighted by Crippen LogP contribution is -2.47. The third-order valence-corrected chi connectivity index (χ3v) is 4.42. The number of furan rings is 1. The van der Waals surface area contributed by atoms with Gasteiger partial charge in [0.1, 0.15) is 11.5 Å². The van der Waals surface area contributed by atoms with Crippen molar-refractivity contribution in [1.29, 1.82) is 0 Å². The van der Waals surface area contributed by atoms with E-state index >= 15 is 0 Å². The summed E-state index contributed by atoms with van der Waals surface area (Å²) >= 11 is 5.91. The van der Waals surface area contributed by atoms with Crippen LogP contribution in [0, 0.1) is 10.1 Å². The molecule has 0 radical (unpaired) electrons. The maximum absolute atomic E-state index is 12.6. The number of hydrogen-bond donors (Lipinski definition) is 2. The van der Waals surface area contributed by atoms with E-state index in [2.05, 4.69) is 10.6 Å². The summed E-state index contributed by atoms with van der Waals surface area (Å²) in [6, 6.07) is 7.01. The molecule has 2 aromatic rings. The predicted octanol–water partition coefficient (Wildman–Crippen LogP) is 2.87. The van der Waals surface area contributed by atoms with Crippen molar-refractivity contribution in [2.45, 2.75) is 13.0 Å². The maximum Gasteiger partial charge on any atom is 0.433 e. The van der Waals surface area contributed by atoms with Crippen molar-refractivity contribution in [2.24, 2.45) is 0 Å². The first kappa shape index (κ1) is 21.8. The van der Waals surface area contributed by atoms with Crippen molar-refractivity contribution in [3.63, 3.8) is 0 Å². The Kier molecular flexibility index (Phi) is 6.55. The van der Waals surface area contributed by atoms with Gasteiger partial charge in [0.05, 0.1) is 30.0 Å². The lowest BCUT2D eigenvalue weighted by atomic mass is 9.95. The third kappa shape index (κ3) is 5.01. The van der Waals surface area contributed by atoms with Gasteiger partial charge in [0, 0.05) is 5.02 Å². The molecule has 0 saturated heterocycles. The first-order valence-electron chi connectivity index (χ1n) is 8.94. The van der Waals surface area contributed by atoms with Gasteiger partial charge in [0.2, 0.25) is 5.76 Å². The van der Waals surface area contributed by atoms with Gasteiger partial charge in [-0.05, 0) is 30.7 Å². The molecule has 1 atom stereocenters. The number of halogens is 1. The van der Waals surface area contributed by atoms with Gasteiger partial charge in [-0.1, -0.05) is 23.7 Å². The Labute approximate surface area is 180 Å². The fourth-order valence-electron chi connectivity index (χ4n) is 2.83. The van der Waals surface area contributed by atoms with Crippen LogP contribution in [0.4, 0.5) is 10.7 Å². The Morgan fingerprint density at radius 3 is 2.48 bits per heavy atom. The fourth-order valence-corrected chi connectivity index (χ4v) is 2.96. The Balaban J connectivity index is 1.89. The number of nitro groups is 1. The summed E-state index contributed by atoms with van der Waals surface area (Å²) in [6.45, 7) is 1.18.